The lowest BCUT2D eigenvalue weighted by Crippen LogP contribution is -2.12. The summed E-state index contributed by atoms with van der Waals surface area (Å²) in [6.07, 6.45) is 7.50. The minimum Gasteiger partial charge on any atom is -0.400 e. The van der Waals surface area contributed by atoms with Gasteiger partial charge < -0.3 is 10.0 Å². The Kier molecular flexibility index (Phi) is 11.3. The van der Waals surface area contributed by atoms with Crippen molar-refractivity contribution >= 4 is 0 Å². The average Bonchev–Trinajstić information content (AvgIpc) is 2.99. The van der Waals surface area contributed by atoms with Crippen molar-refractivity contribution in [3.8, 4) is 0 Å². The third-order valence-electron chi connectivity index (χ3n) is 3.15. The molecule has 1 aromatic heterocycles. The molecule has 0 unspecified atom stereocenters. The van der Waals surface area contributed by atoms with Crippen LogP contribution in [0.2, 0.25) is 0 Å². The third-order valence-corrected chi connectivity index (χ3v) is 3.15. The summed E-state index contributed by atoms with van der Waals surface area (Å²) in [4.78, 5) is 6.70. The van der Waals surface area contributed by atoms with Crippen LogP contribution in [-0.4, -0.2) is 36.2 Å². The van der Waals surface area contributed by atoms with E-state index in [1.807, 2.05) is 0 Å². The number of aliphatic hydroxyl groups is 1. The highest BCUT2D eigenvalue weighted by molar-refractivity contribution is 5.13. The lowest BCUT2D eigenvalue weighted by Gasteiger charge is -2.11. The van der Waals surface area contributed by atoms with Crippen molar-refractivity contribution < 1.29 is 5.11 Å². The zero-order chi connectivity index (χ0) is 15.4. The molecule has 1 saturated carbocycles. The van der Waals surface area contributed by atoms with Crippen molar-refractivity contribution in [2.75, 3.05) is 21.2 Å². The maximum Gasteiger partial charge on any atom is 0.0547 e. The second kappa shape index (κ2) is 11.9. The number of aliphatic hydroxyl groups excluding tert-OH is 1. The molecule has 0 amide bonds. The molecule has 3 heteroatoms. The van der Waals surface area contributed by atoms with Gasteiger partial charge in [0.2, 0.25) is 0 Å². The summed E-state index contributed by atoms with van der Waals surface area (Å²) in [5, 5.41) is 7.00. The van der Waals surface area contributed by atoms with Crippen LogP contribution in [0.3, 0.4) is 0 Å². The van der Waals surface area contributed by atoms with Crippen LogP contribution in [0.1, 0.15) is 63.3 Å². The number of pyridine rings is 1. The van der Waals surface area contributed by atoms with E-state index in [9.17, 15) is 0 Å². The molecule has 0 aliphatic heterocycles. The van der Waals surface area contributed by atoms with E-state index in [2.05, 4.69) is 56.0 Å². The molecular weight excluding hydrogens is 248 g/mol. The second-order valence-corrected chi connectivity index (χ2v) is 5.71. The summed E-state index contributed by atoms with van der Waals surface area (Å²) in [7, 11) is 5.12. The lowest BCUT2D eigenvalue weighted by atomic mass is 10.1. The first kappa shape index (κ1) is 19.1. The van der Waals surface area contributed by atoms with Crippen molar-refractivity contribution in [2.45, 2.75) is 58.4 Å². The molecule has 116 valence electrons. The fraction of sp³-hybridized carbons (Fsp3) is 0.706. The molecule has 1 heterocycles. The van der Waals surface area contributed by atoms with E-state index in [1.165, 1.54) is 37.8 Å². The van der Waals surface area contributed by atoms with E-state index < -0.39 is 0 Å². The Hall–Kier alpha value is -0.930. The van der Waals surface area contributed by atoms with Crippen LogP contribution >= 0.6 is 0 Å². The topological polar surface area (TPSA) is 36.4 Å². The van der Waals surface area contributed by atoms with Gasteiger partial charge in [-0.15, -0.1) is 0 Å². The summed E-state index contributed by atoms with van der Waals surface area (Å²) in [6.45, 7) is 5.25. The summed E-state index contributed by atoms with van der Waals surface area (Å²) in [6, 6.07) is 6.25. The molecule has 3 nitrogen and oxygen atoms in total. The van der Waals surface area contributed by atoms with Crippen LogP contribution in [0.5, 0.6) is 0 Å². The van der Waals surface area contributed by atoms with E-state index in [0.29, 0.717) is 5.92 Å². The summed E-state index contributed by atoms with van der Waals surface area (Å²) < 4.78 is 0. The first-order chi connectivity index (χ1) is 9.59. The van der Waals surface area contributed by atoms with E-state index in [0.717, 1.165) is 19.3 Å². The Morgan fingerprint density at radius 2 is 1.55 bits per heavy atom. The molecule has 0 bridgehead atoms. The van der Waals surface area contributed by atoms with Crippen molar-refractivity contribution in [1.29, 1.82) is 0 Å². The molecule has 2 rings (SSSR count). The molecule has 0 radical (unpaired) electrons. The number of nitrogens with zero attached hydrogens (tertiary/aromatic N) is 2. The minimum atomic E-state index is 0.516. The molecule has 1 N–H and O–H groups in total. The highest BCUT2D eigenvalue weighted by Gasteiger charge is 2.02. The molecule has 0 aromatic carbocycles. The largest absolute Gasteiger partial charge is 0.400 e. The fourth-order valence-electron chi connectivity index (χ4n) is 2.12. The van der Waals surface area contributed by atoms with E-state index in [1.54, 1.807) is 0 Å². The van der Waals surface area contributed by atoms with Gasteiger partial charge in [-0.05, 0) is 32.1 Å². The third kappa shape index (κ3) is 9.05. The summed E-state index contributed by atoms with van der Waals surface area (Å²) in [5.74, 6) is 0.516. The maximum atomic E-state index is 7.00. The highest BCUT2D eigenvalue weighted by atomic mass is 16.2. The summed E-state index contributed by atoms with van der Waals surface area (Å²) >= 11 is 0. The lowest BCUT2D eigenvalue weighted by molar-refractivity contribution is 0.396. The highest BCUT2D eigenvalue weighted by Crippen LogP contribution is 2.15. The molecular formula is C17H32N2O. The molecule has 20 heavy (non-hydrogen) atoms. The zero-order valence-electron chi connectivity index (χ0n) is 13.9. The van der Waals surface area contributed by atoms with Gasteiger partial charge in [-0.25, -0.2) is 0 Å². The smallest absolute Gasteiger partial charge is 0.0547 e. The van der Waals surface area contributed by atoms with Crippen LogP contribution in [0, 0.1) is 0 Å². The van der Waals surface area contributed by atoms with E-state index >= 15 is 0 Å². The Balaban J connectivity index is 0.000000427. The Labute approximate surface area is 125 Å². The predicted molar refractivity (Wildman–Crippen MR) is 86.9 cm³/mol. The van der Waals surface area contributed by atoms with Crippen LogP contribution in [0.4, 0.5) is 0 Å². The Bertz CT molecular complexity index is 326. The van der Waals surface area contributed by atoms with Crippen LogP contribution < -0.4 is 0 Å². The fourth-order valence-corrected chi connectivity index (χ4v) is 2.12. The zero-order valence-corrected chi connectivity index (χ0v) is 13.9. The summed E-state index contributed by atoms with van der Waals surface area (Å²) in [5.41, 5.74) is 2.33. The van der Waals surface area contributed by atoms with Gasteiger partial charge in [0.25, 0.3) is 0 Å². The minimum absolute atomic E-state index is 0.516. The van der Waals surface area contributed by atoms with Gasteiger partial charge >= 0.3 is 0 Å². The molecule has 0 atom stereocenters. The Morgan fingerprint density at radius 3 is 1.95 bits per heavy atom. The van der Waals surface area contributed by atoms with Crippen LogP contribution in [0.25, 0.3) is 0 Å². The van der Waals surface area contributed by atoms with Crippen molar-refractivity contribution in [2.24, 2.45) is 0 Å². The average molecular weight is 280 g/mol. The number of hydrogen-bond donors (Lipinski definition) is 1. The quantitative estimate of drug-likeness (QED) is 0.914. The van der Waals surface area contributed by atoms with Crippen molar-refractivity contribution in [3.05, 3.63) is 29.6 Å². The van der Waals surface area contributed by atoms with E-state index in [4.69, 9.17) is 5.11 Å². The normalized spacial score (nSPS) is 13.6. The van der Waals surface area contributed by atoms with Gasteiger partial charge in [-0.1, -0.05) is 52.0 Å². The Morgan fingerprint density at radius 1 is 1.05 bits per heavy atom. The molecule has 1 aromatic rings. The van der Waals surface area contributed by atoms with Crippen LogP contribution in [0.15, 0.2) is 18.2 Å². The van der Waals surface area contributed by atoms with Gasteiger partial charge in [0.05, 0.1) is 5.69 Å². The molecule has 1 aliphatic rings. The first-order valence-electron chi connectivity index (χ1n) is 7.65. The molecule has 0 saturated heterocycles. The SMILES string of the molecule is C1CCCC1.CC(C)c1cccc(CN(C)C)n1.CO. The van der Waals surface area contributed by atoms with Gasteiger partial charge in [-0.3, -0.25) is 4.98 Å². The van der Waals surface area contributed by atoms with Crippen molar-refractivity contribution in [1.82, 2.24) is 9.88 Å². The van der Waals surface area contributed by atoms with Crippen molar-refractivity contribution in [3.63, 3.8) is 0 Å². The van der Waals surface area contributed by atoms with Gasteiger partial charge in [-0.2, -0.15) is 0 Å². The number of hydrogen-bond acceptors (Lipinski definition) is 3. The van der Waals surface area contributed by atoms with Gasteiger partial charge in [0, 0.05) is 19.3 Å². The number of aromatic nitrogens is 1. The maximum absolute atomic E-state index is 7.00. The predicted octanol–water partition coefficient (Wildman–Crippen LogP) is 3.83. The van der Waals surface area contributed by atoms with Gasteiger partial charge in [0.15, 0.2) is 0 Å². The standard InChI is InChI=1S/C11H18N2.C5H10.CH4O/c1-9(2)11-7-5-6-10(12-11)8-13(3)4;1-2-4-5-3-1;1-2/h5-7,9H,8H2,1-4H3;1-5H2;2H,1H3. The number of rotatable bonds is 3. The van der Waals surface area contributed by atoms with Crippen LogP contribution in [-0.2, 0) is 6.54 Å². The molecule has 1 fully saturated rings. The second-order valence-electron chi connectivity index (χ2n) is 5.71. The first-order valence-corrected chi connectivity index (χ1v) is 7.65. The monoisotopic (exact) mass is 280 g/mol. The molecule has 1 aliphatic carbocycles. The molecule has 0 spiro atoms. The van der Waals surface area contributed by atoms with E-state index in [-0.39, 0.29) is 0 Å². The van der Waals surface area contributed by atoms with Gasteiger partial charge in [0.1, 0.15) is 0 Å².